The van der Waals surface area contributed by atoms with Gasteiger partial charge in [-0.2, -0.15) is 10.5 Å². The summed E-state index contributed by atoms with van der Waals surface area (Å²) in [6, 6.07) is 10.3. The first kappa shape index (κ1) is 19.1. The molecule has 6 nitrogen and oxygen atoms in total. The van der Waals surface area contributed by atoms with E-state index in [1.54, 1.807) is 14.2 Å². The van der Waals surface area contributed by atoms with Gasteiger partial charge in [0.1, 0.15) is 11.5 Å². The first-order valence-corrected chi connectivity index (χ1v) is 8.62. The first-order chi connectivity index (χ1) is 12.2. The molecule has 1 aromatic rings. The molecule has 1 aromatic carbocycles. The molecule has 6 heteroatoms. The van der Waals surface area contributed by atoms with Crippen LogP contribution in [0.1, 0.15) is 18.4 Å². The molecule has 134 valence electrons. The molecule has 0 amide bonds. The van der Waals surface area contributed by atoms with Crippen molar-refractivity contribution in [3.05, 3.63) is 23.8 Å². The normalized spacial score (nSPS) is 16.6. The predicted octanol–water partition coefficient (Wildman–Crippen LogP) is 2.26. The van der Waals surface area contributed by atoms with Crippen molar-refractivity contribution in [2.24, 2.45) is 5.92 Å². The van der Waals surface area contributed by atoms with Crippen LogP contribution in [-0.4, -0.2) is 56.7 Å². The van der Waals surface area contributed by atoms with Gasteiger partial charge in [-0.05, 0) is 24.6 Å². The molecule has 25 heavy (non-hydrogen) atoms. The molecular formula is C19H26N4O2. The number of ether oxygens (including phenoxy) is 2. The Morgan fingerprint density at radius 1 is 1.08 bits per heavy atom. The highest BCUT2D eigenvalue weighted by atomic mass is 16.5. The van der Waals surface area contributed by atoms with E-state index >= 15 is 0 Å². The van der Waals surface area contributed by atoms with Crippen molar-refractivity contribution in [3.63, 3.8) is 0 Å². The van der Waals surface area contributed by atoms with Gasteiger partial charge in [0.05, 0.1) is 32.3 Å². The maximum Gasteiger partial charge on any atom is 0.123 e. The zero-order valence-corrected chi connectivity index (χ0v) is 15.1. The van der Waals surface area contributed by atoms with Crippen molar-refractivity contribution < 1.29 is 9.47 Å². The van der Waals surface area contributed by atoms with Crippen LogP contribution in [0.3, 0.4) is 0 Å². The average Bonchev–Trinajstić information content (AvgIpc) is 2.66. The lowest BCUT2D eigenvalue weighted by atomic mass is 10.0. The average molecular weight is 342 g/mol. The summed E-state index contributed by atoms with van der Waals surface area (Å²) in [5, 5.41) is 17.9. The molecule has 1 atom stereocenters. The van der Waals surface area contributed by atoms with Crippen LogP contribution in [0.2, 0.25) is 0 Å². The number of rotatable bonds is 8. The van der Waals surface area contributed by atoms with Crippen LogP contribution in [0.15, 0.2) is 18.2 Å². The first-order valence-electron chi connectivity index (χ1n) is 8.62. The van der Waals surface area contributed by atoms with Crippen LogP contribution in [-0.2, 0) is 6.54 Å². The minimum atomic E-state index is -0.0512. The van der Waals surface area contributed by atoms with E-state index < -0.39 is 0 Å². The molecule has 0 saturated carbocycles. The molecule has 0 aromatic heterocycles. The molecule has 0 bridgehead atoms. The molecule has 0 aliphatic carbocycles. The van der Waals surface area contributed by atoms with Crippen molar-refractivity contribution in [1.29, 1.82) is 10.5 Å². The quantitative estimate of drug-likeness (QED) is 0.721. The standard InChI is InChI=1S/C19H26N4O2/c1-24-18-5-6-19(25-2)17(12-18)15-23-10-8-22(9-11-23)14-16(13-21)4-3-7-20/h5-6,12,16H,3-4,8-11,14-15H2,1-2H3/t16-/m0/s1. The van der Waals surface area contributed by atoms with Crippen LogP contribution < -0.4 is 9.47 Å². The number of hydrogen-bond acceptors (Lipinski definition) is 6. The van der Waals surface area contributed by atoms with E-state index in [0.29, 0.717) is 12.8 Å². The Bertz CT molecular complexity index is 627. The SMILES string of the molecule is COc1ccc(OC)c(CN2CCN(C[C@H](C#N)CCC#N)CC2)c1. The third kappa shape index (κ3) is 5.63. The summed E-state index contributed by atoms with van der Waals surface area (Å²) >= 11 is 0. The zero-order chi connectivity index (χ0) is 18.1. The second-order valence-corrected chi connectivity index (χ2v) is 6.28. The highest BCUT2D eigenvalue weighted by Crippen LogP contribution is 2.25. The predicted molar refractivity (Wildman–Crippen MR) is 95.2 cm³/mol. The summed E-state index contributed by atoms with van der Waals surface area (Å²) in [5.74, 6) is 1.66. The molecule has 0 radical (unpaired) electrons. The fourth-order valence-electron chi connectivity index (χ4n) is 3.12. The maximum absolute atomic E-state index is 9.21. The van der Waals surface area contributed by atoms with Crippen molar-refractivity contribution in [2.45, 2.75) is 19.4 Å². The summed E-state index contributed by atoms with van der Waals surface area (Å²) in [5.41, 5.74) is 1.12. The Morgan fingerprint density at radius 3 is 2.40 bits per heavy atom. The Hall–Kier alpha value is -2.28. The number of methoxy groups -OCH3 is 2. The van der Waals surface area contributed by atoms with Crippen LogP contribution in [0.25, 0.3) is 0 Å². The second-order valence-electron chi connectivity index (χ2n) is 6.28. The van der Waals surface area contributed by atoms with Gasteiger partial charge in [-0.3, -0.25) is 9.80 Å². The molecule has 1 heterocycles. The van der Waals surface area contributed by atoms with E-state index in [-0.39, 0.29) is 5.92 Å². The molecule has 0 unspecified atom stereocenters. The Labute approximate surface area is 150 Å². The fourth-order valence-corrected chi connectivity index (χ4v) is 3.12. The van der Waals surface area contributed by atoms with E-state index in [2.05, 4.69) is 21.9 Å². The molecule has 0 spiro atoms. The lowest BCUT2D eigenvalue weighted by Gasteiger charge is -2.35. The van der Waals surface area contributed by atoms with Crippen LogP contribution >= 0.6 is 0 Å². The largest absolute Gasteiger partial charge is 0.497 e. The number of nitriles is 2. The topological polar surface area (TPSA) is 72.5 Å². The summed E-state index contributed by atoms with van der Waals surface area (Å²) in [6.45, 7) is 5.38. The Balaban J connectivity index is 1.86. The van der Waals surface area contributed by atoms with Gasteiger partial charge in [-0.1, -0.05) is 0 Å². The summed E-state index contributed by atoms with van der Waals surface area (Å²) in [4.78, 5) is 4.72. The summed E-state index contributed by atoms with van der Waals surface area (Å²) < 4.78 is 10.8. The fraction of sp³-hybridized carbons (Fsp3) is 0.579. The van der Waals surface area contributed by atoms with Gasteiger partial charge < -0.3 is 9.47 Å². The molecular weight excluding hydrogens is 316 g/mol. The Kier molecular flexibility index (Phi) is 7.53. The van der Waals surface area contributed by atoms with Crippen LogP contribution in [0.5, 0.6) is 11.5 Å². The molecule has 1 fully saturated rings. The smallest absolute Gasteiger partial charge is 0.123 e. The lowest BCUT2D eigenvalue weighted by Crippen LogP contribution is -2.47. The summed E-state index contributed by atoms with van der Waals surface area (Å²) in [7, 11) is 3.36. The van der Waals surface area contributed by atoms with E-state index in [4.69, 9.17) is 14.7 Å². The third-order valence-electron chi connectivity index (χ3n) is 4.61. The lowest BCUT2D eigenvalue weighted by molar-refractivity contribution is 0.117. The van der Waals surface area contributed by atoms with Gasteiger partial charge in [0.15, 0.2) is 0 Å². The molecule has 0 N–H and O–H groups in total. The molecule has 1 aliphatic heterocycles. The number of nitrogens with zero attached hydrogens (tertiary/aromatic N) is 4. The van der Waals surface area contributed by atoms with Gasteiger partial charge >= 0.3 is 0 Å². The van der Waals surface area contributed by atoms with Crippen LogP contribution in [0, 0.1) is 28.6 Å². The van der Waals surface area contributed by atoms with Gasteiger partial charge in [0.2, 0.25) is 0 Å². The minimum absolute atomic E-state index is 0.0512. The second kappa shape index (κ2) is 9.88. The van der Waals surface area contributed by atoms with Crippen LogP contribution in [0.4, 0.5) is 0 Å². The zero-order valence-electron chi connectivity index (χ0n) is 15.1. The van der Waals surface area contributed by atoms with E-state index in [0.717, 1.165) is 56.3 Å². The van der Waals surface area contributed by atoms with Gasteiger partial charge in [-0.15, -0.1) is 0 Å². The highest BCUT2D eigenvalue weighted by molar-refractivity contribution is 5.40. The summed E-state index contributed by atoms with van der Waals surface area (Å²) in [6.07, 6.45) is 1.11. The number of piperazine rings is 1. The van der Waals surface area contributed by atoms with E-state index in [1.807, 2.05) is 18.2 Å². The maximum atomic E-state index is 9.21. The van der Waals surface area contributed by atoms with Crippen molar-refractivity contribution in [2.75, 3.05) is 46.9 Å². The highest BCUT2D eigenvalue weighted by Gasteiger charge is 2.21. The molecule has 2 rings (SSSR count). The molecule has 1 saturated heterocycles. The van der Waals surface area contributed by atoms with Crippen molar-refractivity contribution >= 4 is 0 Å². The number of benzene rings is 1. The van der Waals surface area contributed by atoms with E-state index in [9.17, 15) is 5.26 Å². The molecule has 1 aliphatic rings. The van der Waals surface area contributed by atoms with Crippen molar-refractivity contribution in [1.82, 2.24) is 9.80 Å². The van der Waals surface area contributed by atoms with Gasteiger partial charge in [0, 0.05) is 51.3 Å². The minimum Gasteiger partial charge on any atom is -0.497 e. The van der Waals surface area contributed by atoms with Gasteiger partial charge in [0.25, 0.3) is 0 Å². The Morgan fingerprint density at radius 2 is 1.80 bits per heavy atom. The van der Waals surface area contributed by atoms with Gasteiger partial charge in [-0.25, -0.2) is 0 Å². The third-order valence-corrected chi connectivity index (χ3v) is 4.61. The van der Waals surface area contributed by atoms with Crippen molar-refractivity contribution in [3.8, 4) is 23.6 Å². The monoisotopic (exact) mass is 342 g/mol. The number of hydrogen-bond donors (Lipinski definition) is 0. The van der Waals surface area contributed by atoms with E-state index in [1.165, 1.54) is 0 Å².